The van der Waals surface area contributed by atoms with Crippen LogP contribution in [0.3, 0.4) is 0 Å². The Balaban J connectivity index is 1.96. The molecular formula is C11H11N5O. The van der Waals surface area contributed by atoms with Gasteiger partial charge in [-0.25, -0.2) is 14.8 Å². The van der Waals surface area contributed by atoms with Gasteiger partial charge in [0.2, 0.25) is 5.95 Å². The Kier molecular flexibility index (Phi) is 3.15. The predicted molar refractivity (Wildman–Crippen MR) is 65.5 cm³/mol. The normalized spacial score (nSPS) is 9.65. The van der Waals surface area contributed by atoms with Gasteiger partial charge in [0, 0.05) is 5.69 Å². The lowest BCUT2D eigenvalue weighted by molar-refractivity contribution is 0.262. The summed E-state index contributed by atoms with van der Waals surface area (Å²) in [5.41, 5.74) is 6.52. The summed E-state index contributed by atoms with van der Waals surface area (Å²) < 4.78 is 0. The van der Waals surface area contributed by atoms with Crippen molar-refractivity contribution in [3.8, 4) is 0 Å². The third-order valence-corrected chi connectivity index (χ3v) is 1.96. The smallest absolute Gasteiger partial charge is 0.323 e. The third-order valence-electron chi connectivity index (χ3n) is 1.96. The molecule has 0 aliphatic rings. The Morgan fingerprint density at radius 1 is 1.00 bits per heavy atom. The number of hydrogen-bond donors (Lipinski definition) is 3. The average molecular weight is 229 g/mol. The molecule has 0 spiro atoms. The van der Waals surface area contributed by atoms with Gasteiger partial charge in [0.05, 0.1) is 18.1 Å². The second-order valence-corrected chi connectivity index (χ2v) is 3.28. The lowest BCUT2D eigenvalue weighted by atomic mass is 10.3. The highest BCUT2D eigenvalue weighted by Crippen LogP contribution is 2.07. The molecule has 2 aromatic rings. The molecule has 2 rings (SSSR count). The first-order chi connectivity index (χ1) is 8.24. The monoisotopic (exact) mass is 229 g/mol. The molecule has 1 aromatic carbocycles. The Bertz CT molecular complexity index is 497. The molecule has 0 radical (unpaired) electrons. The van der Waals surface area contributed by atoms with Gasteiger partial charge in [-0.2, -0.15) is 0 Å². The number of para-hydroxylation sites is 1. The van der Waals surface area contributed by atoms with Crippen LogP contribution >= 0.6 is 0 Å². The molecule has 0 atom stereocenters. The molecule has 0 fully saturated rings. The minimum absolute atomic E-state index is 0.166. The number of anilines is 3. The molecule has 0 saturated carbocycles. The quantitative estimate of drug-likeness (QED) is 0.730. The Morgan fingerprint density at radius 2 is 1.59 bits per heavy atom. The van der Waals surface area contributed by atoms with Crippen LogP contribution in [0.25, 0.3) is 0 Å². The fraction of sp³-hybridized carbons (Fsp3) is 0. The van der Waals surface area contributed by atoms with Crippen molar-refractivity contribution < 1.29 is 4.79 Å². The molecular weight excluding hydrogens is 218 g/mol. The first kappa shape index (κ1) is 10.9. The van der Waals surface area contributed by atoms with Crippen molar-refractivity contribution in [2.75, 3.05) is 16.4 Å². The molecule has 0 aliphatic heterocycles. The Morgan fingerprint density at radius 3 is 2.24 bits per heavy atom. The van der Waals surface area contributed by atoms with Gasteiger partial charge in [0.25, 0.3) is 0 Å². The molecule has 4 N–H and O–H groups in total. The molecule has 0 unspecified atom stereocenters. The van der Waals surface area contributed by atoms with Crippen LogP contribution in [0, 0.1) is 0 Å². The number of nitrogen functional groups attached to an aromatic ring is 1. The van der Waals surface area contributed by atoms with E-state index in [9.17, 15) is 4.79 Å². The van der Waals surface area contributed by atoms with E-state index in [0.717, 1.165) is 0 Å². The largest absolute Gasteiger partial charge is 0.368 e. The van der Waals surface area contributed by atoms with Crippen molar-refractivity contribution in [1.29, 1.82) is 0 Å². The van der Waals surface area contributed by atoms with Crippen LogP contribution in [0.1, 0.15) is 0 Å². The van der Waals surface area contributed by atoms with Gasteiger partial charge in [-0.15, -0.1) is 0 Å². The predicted octanol–water partition coefficient (Wildman–Crippen LogP) is 1.70. The van der Waals surface area contributed by atoms with Gasteiger partial charge in [-0.05, 0) is 12.1 Å². The molecule has 0 bridgehead atoms. The number of nitrogens with zero attached hydrogens (tertiary/aromatic N) is 2. The van der Waals surface area contributed by atoms with Gasteiger partial charge in [-0.3, -0.25) is 0 Å². The molecule has 6 nitrogen and oxygen atoms in total. The summed E-state index contributed by atoms with van der Waals surface area (Å²) in [6.07, 6.45) is 2.87. The highest BCUT2D eigenvalue weighted by Gasteiger charge is 2.02. The van der Waals surface area contributed by atoms with E-state index in [1.54, 1.807) is 12.1 Å². The van der Waals surface area contributed by atoms with Crippen LogP contribution in [0.5, 0.6) is 0 Å². The number of urea groups is 1. The van der Waals surface area contributed by atoms with Crippen molar-refractivity contribution in [3.05, 3.63) is 42.7 Å². The summed E-state index contributed by atoms with van der Waals surface area (Å²) in [5.74, 6) is 0.166. The van der Waals surface area contributed by atoms with Gasteiger partial charge in [-0.1, -0.05) is 18.2 Å². The molecule has 6 heteroatoms. The summed E-state index contributed by atoms with van der Waals surface area (Å²) in [5, 5.41) is 5.26. The van der Waals surface area contributed by atoms with E-state index in [4.69, 9.17) is 5.73 Å². The molecule has 2 amide bonds. The van der Waals surface area contributed by atoms with Crippen molar-refractivity contribution in [1.82, 2.24) is 9.97 Å². The van der Waals surface area contributed by atoms with E-state index in [1.807, 2.05) is 18.2 Å². The Hall–Kier alpha value is -2.63. The summed E-state index contributed by atoms with van der Waals surface area (Å²) >= 11 is 0. The number of nitrogens with two attached hydrogens (primary N) is 1. The second kappa shape index (κ2) is 4.93. The summed E-state index contributed by atoms with van der Waals surface area (Å²) in [7, 11) is 0. The highest BCUT2D eigenvalue weighted by atomic mass is 16.2. The molecule has 0 aliphatic carbocycles. The zero-order valence-electron chi connectivity index (χ0n) is 8.92. The van der Waals surface area contributed by atoms with E-state index < -0.39 is 0 Å². The van der Waals surface area contributed by atoms with Crippen molar-refractivity contribution in [2.24, 2.45) is 0 Å². The number of rotatable bonds is 2. The van der Waals surface area contributed by atoms with Gasteiger partial charge in [0.15, 0.2) is 0 Å². The number of aromatic nitrogens is 2. The SMILES string of the molecule is Nc1ncc(NC(=O)Nc2ccccc2)cn1. The number of carbonyl (C=O) groups is 1. The maximum absolute atomic E-state index is 11.6. The van der Waals surface area contributed by atoms with E-state index in [1.165, 1.54) is 12.4 Å². The molecule has 17 heavy (non-hydrogen) atoms. The van der Waals surface area contributed by atoms with Crippen LogP contribution in [0.4, 0.5) is 22.1 Å². The zero-order valence-corrected chi connectivity index (χ0v) is 8.92. The number of benzene rings is 1. The van der Waals surface area contributed by atoms with E-state index in [0.29, 0.717) is 11.4 Å². The number of hydrogen-bond acceptors (Lipinski definition) is 4. The van der Waals surface area contributed by atoms with Crippen LogP contribution in [0.15, 0.2) is 42.7 Å². The summed E-state index contributed by atoms with van der Waals surface area (Å²) in [6.45, 7) is 0. The van der Waals surface area contributed by atoms with E-state index in [2.05, 4.69) is 20.6 Å². The van der Waals surface area contributed by atoms with Crippen LogP contribution in [-0.2, 0) is 0 Å². The van der Waals surface area contributed by atoms with Gasteiger partial charge >= 0.3 is 6.03 Å². The molecule has 86 valence electrons. The lowest BCUT2D eigenvalue weighted by Gasteiger charge is -2.06. The number of carbonyl (C=O) groups excluding carboxylic acids is 1. The standard InChI is InChI=1S/C11H11N5O/c12-10-13-6-9(7-14-10)16-11(17)15-8-4-2-1-3-5-8/h1-7H,(H2,12,13,14)(H2,15,16,17). The highest BCUT2D eigenvalue weighted by molar-refractivity contribution is 5.99. The third kappa shape index (κ3) is 3.16. The van der Waals surface area contributed by atoms with Crippen molar-refractivity contribution in [2.45, 2.75) is 0 Å². The first-order valence-electron chi connectivity index (χ1n) is 4.94. The average Bonchev–Trinajstić information content (AvgIpc) is 2.33. The fourth-order valence-corrected chi connectivity index (χ4v) is 1.22. The number of amides is 2. The second-order valence-electron chi connectivity index (χ2n) is 3.28. The van der Waals surface area contributed by atoms with Crippen LogP contribution in [0.2, 0.25) is 0 Å². The molecule has 1 heterocycles. The van der Waals surface area contributed by atoms with E-state index >= 15 is 0 Å². The van der Waals surface area contributed by atoms with Gasteiger partial charge < -0.3 is 16.4 Å². The van der Waals surface area contributed by atoms with Gasteiger partial charge in [0.1, 0.15) is 0 Å². The minimum Gasteiger partial charge on any atom is -0.368 e. The summed E-state index contributed by atoms with van der Waals surface area (Å²) in [6, 6.07) is 8.77. The molecule has 1 aromatic heterocycles. The molecule has 0 saturated heterocycles. The Labute approximate surface area is 97.9 Å². The maximum atomic E-state index is 11.6. The summed E-state index contributed by atoms with van der Waals surface area (Å²) in [4.78, 5) is 19.1. The minimum atomic E-state index is -0.357. The topological polar surface area (TPSA) is 92.9 Å². The van der Waals surface area contributed by atoms with Crippen LogP contribution in [-0.4, -0.2) is 16.0 Å². The number of nitrogens with one attached hydrogen (secondary N) is 2. The fourth-order valence-electron chi connectivity index (χ4n) is 1.22. The van der Waals surface area contributed by atoms with E-state index in [-0.39, 0.29) is 12.0 Å². The van der Waals surface area contributed by atoms with Crippen molar-refractivity contribution in [3.63, 3.8) is 0 Å². The zero-order chi connectivity index (χ0) is 12.1. The van der Waals surface area contributed by atoms with Crippen LogP contribution < -0.4 is 16.4 Å². The van der Waals surface area contributed by atoms with Crippen molar-refractivity contribution >= 4 is 23.4 Å². The first-order valence-corrected chi connectivity index (χ1v) is 4.94. The lowest BCUT2D eigenvalue weighted by Crippen LogP contribution is -2.19. The maximum Gasteiger partial charge on any atom is 0.323 e.